The maximum Gasteiger partial charge on any atom is 0.200 e. The van der Waals surface area contributed by atoms with Crippen LogP contribution in [0.5, 0.6) is 0 Å². The number of ether oxygens (including phenoxy) is 2. The zero-order valence-electron chi connectivity index (χ0n) is 16.8. The Hall–Kier alpha value is -0.683. The Labute approximate surface area is 149 Å². The summed E-state index contributed by atoms with van der Waals surface area (Å²) in [6, 6.07) is 6.54. The highest BCUT2D eigenvalue weighted by molar-refractivity contribution is 6.77. The molecule has 0 atom stereocenters. The lowest BCUT2D eigenvalue weighted by atomic mass is 10.1. The van der Waals surface area contributed by atoms with E-state index in [1.807, 2.05) is 0 Å². The second-order valence-electron chi connectivity index (χ2n) is 7.63. The first-order valence-electron chi connectivity index (χ1n) is 9.01. The lowest BCUT2D eigenvalue weighted by Gasteiger charge is -2.42. The quantitative estimate of drug-likeness (QED) is 0.508. The molecule has 0 unspecified atom stereocenters. The van der Waals surface area contributed by atoms with Gasteiger partial charge in [0.2, 0.25) is 8.32 Å². The predicted molar refractivity (Wildman–Crippen MR) is 104 cm³/mol. The second-order valence-corrected chi connectivity index (χ2v) is 13.1. The zero-order valence-corrected chi connectivity index (χ0v) is 17.8. The summed E-state index contributed by atoms with van der Waals surface area (Å²) in [6.07, 6.45) is 0. The third-order valence-electron chi connectivity index (χ3n) is 4.93. The van der Waals surface area contributed by atoms with Crippen LogP contribution in [0.3, 0.4) is 0 Å². The minimum Gasteiger partial charge on any atom is -0.412 e. The molecule has 0 aliphatic carbocycles. The molecule has 0 saturated heterocycles. The van der Waals surface area contributed by atoms with Gasteiger partial charge in [0, 0.05) is 14.2 Å². The van der Waals surface area contributed by atoms with Crippen molar-refractivity contribution in [1.29, 1.82) is 0 Å². The average Bonchev–Trinajstić information content (AvgIpc) is 2.47. The van der Waals surface area contributed by atoms with Crippen LogP contribution < -0.4 is 0 Å². The first-order valence-corrected chi connectivity index (χ1v) is 11.1. The number of rotatable bonds is 10. The molecule has 138 valence electrons. The van der Waals surface area contributed by atoms with E-state index in [1.165, 1.54) is 16.7 Å². The maximum atomic E-state index is 6.72. The van der Waals surface area contributed by atoms with Crippen LogP contribution in [0.4, 0.5) is 0 Å². The molecule has 0 aliphatic heterocycles. The van der Waals surface area contributed by atoms with Crippen molar-refractivity contribution in [2.24, 2.45) is 0 Å². The van der Waals surface area contributed by atoms with E-state index in [9.17, 15) is 0 Å². The molecule has 4 heteroatoms. The summed E-state index contributed by atoms with van der Waals surface area (Å²) in [5.74, 6) is 0. The molecule has 0 amide bonds. The predicted octanol–water partition coefficient (Wildman–Crippen LogP) is 5.67. The topological polar surface area (TPSA) is 27.7 Å². The Balaban J connectivity index is 3.05. The van der Waals surface area contributed by atoms with Gasteiger partial charge in [-0.1, -0.05) is 59.7 Å². The van der Waals surface area contributed by atoms with Gasteiger partial charge in [-0.3, -0.25) is 0 Å². The highest BCUT2D eigenvalue weighted by Gasteiger charge is 2.44. The molecule has 0 aliphatic rings. The van der Waals surface area contributed by atoms with Crippen LogP contribution in [0.15, 0.2) is 18.2 Å². The second kappa shape index (κ2) is 9.71. The maximum absolute atomic E-state index is 6.72. The van der Waals surface area contributed by atoms with E-state index in [4.69, 9.17) is 13.9 Å². The van der Waals surface area contributed by atoms with E-state index in [0.29, 0.717) is 36.4 Å². The highest BCUT2D eigenvalue weighted by atomic mass is 28.4. The molecular weight excluding hydrogens is 316 g/mol. The number of hydrogen-bond donors (Lipinski definition) is 0. The van der Waals surface area contributed by atoms with Gasteiger partial charge in [0.15, 0.2) is 0 Å². The fraction of sp³-hybridized carbons (Fsp3) is 0.700. The number of methoxy groups -OCH3 is 2. The van der Waals surface area contributed by atoms with Gasteiger partial charge in [0.05, 0.1) is 19.8 Å². The molecule has 3 nitrogen and oxygen atoms in total. The standard InChI is InChI=1S/C20H36O3Si/c1-15(2)24(16(3)4,17(5)6)23-14-20-10-18(12-21-7)9-19(11-20)13-22-8/h9-11,15-17H,12-14H2,1-8H3. The Bertz CT molecular complexity index is 452. The van der Waals surface area contributed by atoms with Gasteiger partial charge in [0.25, 0.3) is 0 Å². The first-order chi connectivity index (χ1) is 11.3. The lowest BCUT2D eigenvalue weighted by Crippen LogP contribution is -2.47. The van der Waals surface area contributed by atoms with E-state index < -0.39 is 8.32 Å². The summed E-state index contributed by atoms with van der Waals surface area (Å²) in [5, 5.41) is 0. The van der Waals surface area contributed by atoms with E-state index in [-0.39, 0.29) is 0 Å². The Morgan fingerprint density at radius 3 is 1.29 bits per heavy atom. The third-order valence-corrected chi connectivity index (χ3v) is 11.0. The van der Waals surface area contributed by atoms with E-state index in [1.54, 1.807) is 14.2 Å². The summed E-state index contributed by atoms with van der Waals surface area (Å²) >= 11 is 0. The Morgan fingerprint density at radius 1 is 0.667 bits per heavy atom. The van der Waals surface area contributed by atoms with E-state index >= 15 is 0 Å². The summed E-state index contributed by atoms with van der Waals surface area (Å²) < 4.78 is 17.3. The molecule has 0 N–H and O–H groups in total. The van der Waals surface area contributed by atoms with Crippen LogP contribution >= 0.6 is 0 Å². The fourth-order valence-electron chi connectivity index (χ4n) is 4.13. The molecule has 24 heavy (non-hydrogen) atoms. The molecule has 0 aromatic heterocycles. The fourth-order valence-corrected chi connectivity index (χ4v) is 9.55. The average molecular weight is 353 g/mol. The molecule has 1 rings (SSSR count). The molecule has 0 fully saturated rings. The molecule has 1 aromatic rings. The minimum absolute atomic E-state index is 0.595. The van der Waals surface area contributed by atoms with E-state index in [0.717, 1.165) is 0 Å². The Kier molecular flexibility index (Phi) is 8.64. The van der Waals surface area contributed by atoms with Gasteiger partial charge in [-0.25, -0.2) is 0 Å². The van der Waals surface area contributed by atoms with Gasteiger partial charge in [-0.2, -0.15) is 0 Å². The number of benzene rings is 1. The van der Waals surface area contributed by atoms with Gasteiger partial charge < -0.3 is 13.9 Å². The van der Waals surface area contributed by atoms with Crippen molar-refractivity contribution in [3.63, 3.8) is 0 Å². The summed E-state index contributed by atoms with van der Waals surface area (Å²) in [5.41, 5.74) is 5.36. The van der Waals surface area contributed by atoms with Gasteiger partial charge >= 0.3 is 0 Å². The minimum atomic E-state index is -1.84. The zero-order chi connectivity index (χ0) is 18.3. The van der Waals surface area contributed by atoms with Gasteiger partial charge in [0.1, 0.15) is 0 Å². The lowest BCUT2D eigenvalue weighted by molar-refractivity contribution is 0.179. The van der Waals surface area contributed by atoms with Crippen LogP contribution in [0, 0.1) is 0 Å². The van der Waals surface area contributed by atoms with Gasteiger partial charge in [-0.15, -0.1) is 0 Å². The van der Waals surface area contributed by atoms with Gasteiger partial charge in [-0.05, 0) is 33.3 Å². The van der Waals surface area contributed by atoms with Crippen LogP contribution in [0.1, 0.15) is 58.2 Å². The van der Waals surface area contributed by atoms with Crippen molar-refractivity contribution in [3.8, 4) is 0 Å². The molecule has 1 aromatic carbocycles. The molecule has 0 heterocycles. The SMILES string of the molecule is COCc1cc(COC)cc(CO[Si](C(C)C)(C(C)C)C(C)C)c1. The summed E-state index contributed by atoms with van der Waals surface area (Å²) in [6.45, 7) is 15.8. The van der Waals surface area contributed by atoms with Crippen molar-refractivity contribution in [2.75, 3.05) is 14.2 Å². The summed E-state index contributed by atoms with van der Waals surface area (Å²) in [4.78, 5) is 0. The third kappa shape index (κ3) is 5.15. The van der Waals surface area contributed by atoms with Crippen LogP contribution in [-0.2, 0) is 33.7 Å². The Morgan fingerprint density at radius 2 is 1.00 bits per heavy atom. The molecular formula is C20H36O3Si. The first kappa shape index (κ1) is 21.4. The molecule has 0 radical (unpaired) electrons. The van der Waals surface area contributed by atoms with Crippen LogP contribution in [0.25, 0.3) is 0 Å². The van der Waals surface area contributed by atoms with Crippen LogP contribution in [-0.4, -0.2) is 22.5 Å². The van der Waals surface area contributed by atoms with E-state index in [2.05, 4.69) is 59.7 Å². The largest absolute Gasteiger partial charge is 0.412 e. The van der Waals surface area contributed by atoms with Crippen molar-refractivity contribution in [2.45, 2.75) is 78.0 Å². The summed E-state index contributed by atoms with van der Waals surface area (Å²) in [7, 11) is 1.61. The smallest absolute Gasteiger partial charge is 0.200 e. The molecule has 0 spiro atoms. The van der Waals surface area contributed by atoms with Crippen molar-refractivity contribution >= 4 is 8.32 Å². The molecule has 0 saturated carbocycles. The molecule has 0 bridgehead atoms. The van der Waals surface area contributed by atoms with Crippen LogP contribution in [0.2, 0.25) is 16.6 Å². The van der Waals surface area contributed by atoms with Crippen molar-refractivity contribution < 1.29 is 13.9 Å². The monoisotopic (exact) mass is 352 g/mol. The van der Waals surface area contributed by atoms with Crippen molar-refractivity contribution in [3.05, 3.63) is 34.9 Å². The normalized spacial score (nSPS) is 12.6. The number of hydrogen-bond acceptors (Lipinski definition) is 3. The highest BCUT2D eigenvalue weighted by Crippen LogP contribution is 2.42. The van der Waals surface area contributed by atoms with Crippen molar-refractivity contribution in [1.82, 2.24) is 0 Å².